The van der Waals surface area contributed by atoms with Gasteiger partial charge in [0, 0.05) is 24.7 Å². The third-order valence-electron chi connectivity index (χ3n) is 1.63. The summed E-state index contributed by atoms with van der Waals surface area (Å²) in [6.45, 7) is 3.92. The minimum absolute atomic E-state index is 0.237. The molecular weight excluding hydrogens is 174 g/mol. The van der Waals surface area contributed by atoms with Crippen LogP contribution in [0.5, 0.6) is 0 Å². The van der Waals surface area contributed by atoms with Gasteiger partial charge in [-0.1, -0.05) is 13.8 Å². The van der Waals surface area contributed by atoms with Crippen molar-refractivity contribution in [2.45, 2.75) is 32.6 Å². The summed E-state index contributed by atoms with van der Waals surface area (Å²) in [6.07, 6.45) is 0.343. The first-order valence-electron chi connectivity index (χ1n) is 4.18. The lowest BCUT2D eigenvalue weighted by Crippen LogP contribution is -2.02. The summed E-state index contributed by atoms with van der Waals surface area (Å²) in [7, 11) is 0. The number of rotatable bonds is 3. The highest BCUT2D eigenvalue weighted by molar-refractivity contribution is 5.07. The van der Waals surface area contributed by atoms with Crippen LogP contribution in [0.15, 0.2) is 12.4 Å². The smallest absolute Gasteiger partial charge is 0.241 e. The molecule has 72 valence electrons. The van der Waals surface area contributed by atoms with Gasteiger partial charge in [-0.25, -0.2) is 18.7 Å². The van der Waals surface area contributed by atoms with Crippen LogP contribution in [0.4, 0.5) is 8.78 Å². The number of hydrogen-bond acceptors (Lipinski definition) is 2. The molecule has 0 radical (unpaired) electrons. The minimum Gasteiger partial charge on any atom is -0.241 e. The van der Waals surface area contributed by atoms with E-state index in [2.05, 4.69) is 9.97 Å². The highest BCUT2D eigenvalue weighted by Gasteiger charge is 2.06. The van der Waals surface area contributed by atoms with E-state index in [1.165, 1.54) is 12.4 Å². The maximum absolute atomic E-state index is 11.9. The SMILES string of the molecule is CC(C)c1ncc(CC(F)F)cn1. The quantitative estimate of drug-likeness (QED) is 0.724. The van der Waals surface area contributed by atoms with Gasteiger partial charge in [0.05, 0.1) is 0 Å². The first-order chi connectivity index (χ1) is 6.09. The molecular formula is C9H12F2N2. The Morgan fingerprint density at radius 3 is 2.15 bits per heavy atom. The van der Waals surface area contributed by atoms with Gasteiger partial charge in [-0.3, -0.25) is 0 Å². The van der Waals surface area contributed by atoms with E-state index < -0.39 is 6.43 Å². The van der Waals surface area contributed by atoms with E-state index in [1.807, 2.05) is 13.8 Å². The number of hydrogen-bond donors (Lipinski definition) is 0. The fourth-order valence-electron chi connectivity index (χ4n) is 0.946. The second-order valence-corrected chi connectivity index (χ2v) is 3.20. The van der Waals surface area contributed by atoms with Crippen LogP contribution in [0.3, 0.4) is 0 Å². The van der Waals surface area contributed by atoms with Crippen molar-refractivity contribution < 1.29 is 8.78 Å². The van der Waals surface area contributed by atoms with E-state index >= 15 is 0 Å². The van der Waals surface area contributed by atoms with Gasteiger partial charge >= 0.3 is 0 Å². The third kappa shape index (κ3) is 3.05. The molecule has 0 saturated heterocycles. The summed E-state index contributed by atoms with van der Waals surface area (Å²) < 4.78 is 23.8. The van der Waals surface area contributed by atoms with Crippen LogP contribution < -0.4 is 0 Å². The lowest BCUT2D eigenvalue weighted by molar-refractivity contribution is 0.149. The molecule has 13 heavy (non-hydrogen) atoms. The largest absolute Gasteiger partial charge is 0.242 e. The zero-order chi connectivity index (χ0) is 9.84. The molecule has 0 aliphatic heterocycles. The zero-order valence-corrected chi connectivity index (χ0v) is 7.67. The standard InChI is InChI=1S/C9H12F2N2/c1-6(2)9-12-4-7(5-13-9)3-8(10)11/h4-6,8H,3H2,1-2H3. The second kappa shape index (κ2) is 4.25. The molecule has 1 heterocycles. The van der Waals surface area contributed by atoms with Crippen molar-refractivity contribution in [3.63, 3.8) is 0 Å². The maximum Gasteiger partial charge on any atom is 0.242 e. The Morgan fingerprint density at radius 2 is 1.77 bits per heavy atom. The van der Waals surface area contributed by atoms with Crippen molar-refractivity contribution >= 4 is 0 Å². The van der Waals surface area contributed by atoms with E-state index in [0.717, 1.165) is 0 Å². The van der Waals surface area contributed by atoms with Gasteiger partial charge in [0.2, 0.25) is 6.43 Å². The van der Waals surface area contributed by atoms with Crippen LogP contribution >= 0.6 is 0 Å². The Bertz CT molecular complexity index is 257. The van der Waals surface area contributed by atoms with Crippen LogP contribution in [0.2, 0.25) is 0 Å². The summed E-state index contributed by atoms with van der Waals surface area (Å²) >= 11 is 0. The van der Waals surface area contributed by atoms with Crippen molar-refractivity contribution in [2.24, 2.45) is 0 Å². The summed E-state index contributed by atoms with van der Waals surface area (Å²) in [5.41, 5.74) is 0.486. The fraction of sp³-hybridized carbons (Fsp3) is 0.556. The Balaban J connectivity index is 2.70. The van der Waals surface area contributed by atoms with Crippen LogP contribution in [-0.4, -0.2) is 16.4 Å². The topological polar surface area (TPSA) is 25.8 Å². The second-order valence-electron chi connectivity index (χ2n) is 3.20. The molecule has 1 rings (SSSR count). The number of halogens is 2. The molecule has 0 spiro atoms. The molecule has 0 fully saturated rings. The van der Waals surface area contributed by atoms with Crippen LogP contribution in [0, 0.1) is 0 Å². The van der Waals surface area contributed by atoms with Gasteiger partial charge < -0.3 is 0 Å². The van der Waals surface area contributed by atoms with Crippen LogP contribution in [0.25, 0.3) is 0 Å². The van der Waals surface area contributed by atoms with E-state index in [9.17, 15) is 8.78 Å². The predicted molar refractivity (Wildman–Crippen MR) is 45.8 cm³/mol. The van der Waals surface area contributed by atoms with Crippen molar-refractivity contribution in [1.82, 2.24) is 9.97 Å². The molecule has 2 nitrogen and oxygen atoms in total. The lowest BCUT2D eigenvalue weighted by Gasteiger charge is -2.03. The molecule has 0 aliphatic rings. The first-order valence-corrected chi connectivity index (χ1v) is 4.18. The van der Waals surface area contributed by atoms with Gasteiger partial charge in [0.15, 0.2) is 0 Å². The van der Waals surface area contributed by atoms with E-state index in [4.69, 9.17) is 0 Å². The fourth-order valence-corrected chi connectivity index (χ4v) is 0.946. The van der Waals surface area contributed by atoms with Gasteiger partial charge in [0.1, 0.15) is 5.82 Å². The van der Waals surface area contributed by atoms with Crippen LogP contribution in [0.1, 0.15) is 31.2 Å². The molecule has 0 atom stereocenters. The molecule has 0 aliphatic carbocycles. The monoisotopic (exact) mass is 186 g/mol. The van der Waals surface area contributed by atoms with E-state index in [0.29, 0.717) is 11.4 Å². The molecule has 0 bridgehead atoms. The normalized spacial score (nSPS) is 11.2. The molecule has 1 aromatic heterocycles. The first kappa shape index (κ1) is 10.0. The van der Waals surface area contributed by atoms with Gasteiger partial charge in [-0.05, 0) is 5.56 Å². The Kier molecular flexibility index (Phi) is 3.28. The van der Waals surface area contributed by atoms with E-state index in [1.54, 1.807) is 0 Å². The molecule has 0 unspecified atom stereocenters. The van der Waals surface area contributed by atoms with Crippen molar-refractivity contribution in [3.8, 4) is 0 Å². The Hall–Kier alpha value is -1.06. The summed E-state index contributed by atoms with van der Waals surface area (Å²) in [5.74, 6) is 0.929. The summed E-state index contributed by atoms with van der Waals surface area (Å²) in [4.78, 5) is 7.97. The highest BCUT2D eigenvalue weighted by Crippen LogP contribution is 2.09. The Morgan fingerprint density at radius 1 is 1.23 bits per heavy atom. The maximum atomic E-state index is 11.9. The minimum atomic E-state index is -2.33. The number of alkyl halides is 2. The van der Waals surface area contributed by atoms with Crippen molar-refractivity contribution in [3.05, 3.63) is 23.8 Å². The lowest BCUT2D eigenvalue weighted by atomic mass is 10.2. The predicted octanol–water partition coefficient (Wildman–Crippen LogP) is 2.41. The van der Waals surface area contributed by atoms with Gasteiger partial charge in [-0.15, -0.1) is 0 Å². The number of aromatic nitrogens is 2. The van der Waals surface area contributed by atoms with Crippen molar-refractivity contribution in [1.29, 1.82) is 0 Å². The summed E-state index contributed by atoms with van der Waals surface area (Å²) in [6, 6.07) is 0. The van der Waals surface area contributed by atoms with Crippen molar-refractivity contribution in [2.75, 3.05) is 0 Å². The zero-order valence-electron chi connectivity index (χ0n) is 7.67. The molecule has 1 aromatic rings. The van der Waals surface area contributed by atoms with Crippen LogP contribution in [-0.2, 0) is 6.42 Å². The molecule has 0 saturated carbocycles. The Labute approximate surface area is 76.0 Å². The average Bonchev–Trinajstić information content (AvgIpc) is 2.04. The third-order valence-corrected chi connectivity index (χ3v) is 1.63. The molecule has 0 amide bonds. The molecule has 0 N–H and O–H groups in total. The number of nitrogens with zero attached hydrogens (tertiary/aromatic N) is 2. The average molecular weight is 186 g/mol. The highest BCUT2D eigenvalue weighted by atomic mass is 19.3. The van der Waals surface area contributed by atoms with Gasteiger partial charge in [-0.2, -0.15) is 0 Å². The molecule has 4 heteroatoms. The summed E-state index contributed by atoms with van der Waals surface area (Å²) in [5, 5.41) is 0. The van der Waals surface area contributed by atoms with E-state index in [-0.39, 0.29) is 12.3 Å². The molecule has 0 aromatic carbocycles. The van der Waals surface area contributed by atoms with Gasteiger partial charge in [0.25, 0.3) is 0 Å².